The molecule has 0 radical (unpaired) electrons. The second-order valence-corrected chi connectivity index (χ2v) is 4.04. The molecule has 0 amide bonds. The van der Waals surface area contributed by atoms with Gasteiger partial charge in [-0.2, -0.15) is 0 Å². The lowest BCUT2D eigenvalue weighted by Gasteiger charge is -2.12. The summed E-state index contributed by atoms with van der Waals surface area (Å²) in [4.78, 5) is 11.3. The van der Waals surface area contributed by atoms with Crippen molar-refractivity contribution in [3.63, 3.8) is 0 Å². The Kier molecular flexibility index (Phi) is 3.00. The Bertz CT molecular complexity index is 384. The van der Waals surface area contributed by atoms with Crippen LogP contribution in [0.5, 0.6) is 0 Å². The van der Waals surface area contributed by atoms with Crippen molar-refractivity contribution >= 4 is 11.4 Å². The molecular weight excluding hydrogens is 184 g/mol. The summed E-state index contributed by atoms with van der Waals surface area (Å²) in [5.74, 6) is 0.274. The SMILES string of the molecule is CCc1ccc(C2=CC(=O)CCC2)cc1. The first-order valence-corrected chi connectivity index (χ1v) is 5.62. The predicted octanol–water partition coefficient (Wildman–Crippen LogP) is 3.39. The molecule has 0 fully saturated rings. The molecule has 0 bridgehead atoms. The van der Waals surface area contributed by atoms with Crippen molar-refractivity contribution in [2.75, 3.05) is 0 Å². The molecule has 1 aliphatic rings. The zero-order chi connectivity index (χ0) is 10.7. The number of allylic oxidation sites excluding steroid dienone is 2. The molecule has 2 rings (SSSR count). The Labute approximate surface area is 90.8 Å². The molecule has 0 heterocycles. The number of rotatable bonds is 2. The maximum atomic E-state index is 11.3. The second-order valence-electron chi connectivity index (χ2n) is 4.04. The van der Waals surface area contributed by atoms with Gasteiger partial charge < -0.3 is 0 Å². The molecule has 0 saturated heterocycles. The standard InChI is InChI=1S/C14H16O/c1-2-11-6-8-12(9-7-11)13-4-3-5-14(15)10-13/h6-10H,2-5H2,1H3. The number of hydrogen-bond acceptors (Lipinski definition) is 1. The number of carbonyl (C=O) groups excluding carboxylic acids is 1. The Balaban J connectivity index is 2.25. The minimum absolute atomic E-state index is 0.274. The third kappa shape index (κ3) is 2.35. The van der Waals surface area contributed by atoms with Crippen molar-refractivity contribution in [2.24, 2.45) is 0 Å². The van der Waals surface area contributed by atoms with E-state index < -0.39 is 0 Å². The number of hydrogen-bond donors (Lipinski definition) is 0. The van der Waals surface area contributed by atoms with Crippen LogP contribution in [0.4, 0.5) is 0 Å². The van der Waals surface area contributed by atoms with Gasteiger partial charge in [0, 0.05) is 6.42 Å². The van der Waals surface area contributed by atoms with E-state index in [9.17, 15) is 4.79 Å². The van der Waals surface area contributed by atoms with Crippen molar-refractivity contribution in [2.45, 2.75) is 32.6 Å². The van der Waals surface area contributed by atoms with Gasteiger partial charge in [-0.15, -0.1) is 0 Å². The predicted molar refractivity (Wildman–Crippen MR) is 62.7 cm³/mol. The molecular formula is C14H16O. The molecule has 1 aliphatic carbocycles. The van der Waals surface area contributed by atoms with Crippen LogP contribution in [0.2, 0.25) is 0 Å². The fraction of sp³-hybridized carbons (Fsp3) is 0.357. The van der Waals surface area contributed by atoms with Gasteiger partial charge in [0.05, 0.1) is 0 Å². The number of ketones is 1. The monoisotopic (exact) mass is 200 g/mol. The van der Waals surface area contributed by atoms with Crippen LogP contribution < -0.4 is 0 Å². The van der Waals surface area contributed by atoms with Gasteiger partial charge in [-0.1, -0.05) is 31.2 Å². The first-order valence-electron chi connectivity index (χ1n) is 5.62. The number of aryl methyl sites for hydroxylation is 1. The van der Waals surface area contributed by atoms with E-state index in [4.69, 9.17) is 0 Å². The summed E-state index contributed by atoms with van der Waals surface area (Å²) in [6.07, 6.45) is 5.64. The molecule has 1 aromatic rings. The molecule has 0 spiro atoms. The van der Waals surface area contributed by atoms with Gasteiger partial charge in [-0.25, -0.2) is 0 Å². The minimum atomic E-state index is 0.274. The number of benzene rings is 1. The summed E-state index contributed by atoms with van der Waals surface area (Å²) in [5, 5.41) is 0. The van der Waals surface area contributed by atoms with E-state index in [1.54, 1.807) is 0 Å². The fourth-order valence-electron chi connectivity index (χ4n) is 1.97. The van der Waals surface area contributed by atoms with Gasteiger partial charge in [0.2, 0.25) is 0 Å². The smallest absolute Gasteiger partial charge is 0.155 e. The summed E-state index contributed by atoms with van der Waals surface area (Å²) in [6.45, 7) is 2.15. The van der Waals surface area contributed by atoms with E-state index in [-0.39, 0.29) is 5.78 Å². The quantitative estimate of drug-likeness (QED) is 0.715. The summed E-state index contributed by atoms with van der Waals surface area (Å²) >= 11 is 0. The van der Waals surface area contributed by atoms with E-state index >= 15 is 0 Å². The van der Waals surface area contributed by atoms with Gasteiger partial charge in [-0.3, -0.25) is 4.79 Å². The molecule has 78 valence electrons. The van der Waals surface area contributed by atoms with Crippen LogP contribution in [-0.4, -0.2) is 5.78 Å². The van der Waals surface area contributed by atoms with Gasteiger partial charge in [-0.05, 0) is 42.0 Å². The number of carbonyl (C=O) groups is 1. The highest BCUT2D eigenvalue weighted by molar-refractivity contribution is 5.98. The topological polar surface area (TPSA) is 17.1 Å². The van der Waals surface area contributed by atoms with E-state index in [0.717, 1.165) is 25.7 Å². The second kappa shape index (κ2) is 4.43. The van der Waals surface area contributed by atoms with Crippen molar-refractivity contribution in [1.29, 1.82) is 0 Å². The molecule has 0 aromatic heterocycles. The lowest BCUT2D eigenvalue weighted by Crippen LogP contribution is -2.01. The Morgan fingerprint density at radius 3 is 2.47 bits per heavy atom. The summed E-state index contributed by atoms with van der Waals surface area (Å²) in [5.41, 5.74) is 3.76. The lowest BCUT2D eigenvalue weighted by molar-refractivity contribution is -0.114. The highest BCUT2D eigenvalue weighted by Crippen LogP contribution is 2.25. The van der Waals surface area contributed by atoms with E-state index in [1.807, 2.05) is 6.08 Å². The summed E-state index contributed by atoms with van der Waals surface area (Å²) in [6, 6.07) is 8.55. The highest BCUT2D eigenvalue weighted by atomic mass is 16.1. The lowest BCUT2D eigenvalue weighted by atomic mass is 9.92. The van der Waals surface area contributed by atoms with Crippen LogP contribution >= 0.6 is 0 Å². The van der Waals surface area contributed by atoms with Gasteiger partial charge >= 0.3 is 0 Å². The zero-order valence-corrected chi connectivity index (χ0v) is 9.12. The van der Waals surface area contributed by atoms with Gasteiger partial charge in [0.15, 0.2) is 5.78 Å². The van der Waals surface area contributed by atoms with Crippen molar-refractivity contribution in [3.05, 3.63) is 41.5 Å². The normalized spacial score (nSPS) is 16.3. The fourth-order valence-corrected chi connectivity index (χ4v) is 1.97. The van der Waals surface area contributed by atoms with Crippen LogP contribution in [-0.2, 0) is 11.2 Å². The maximum Gasteiger partial charge on any atom is 0.155 e. The Morgan fingerprint density at radius 2 is 1.87 bits per heavy atom. The van der Waals surface area contributed by atoms with Crippen LogP contribution in [0.1, 0.15) is 37.3 Å². The van der Waals surface area contributed by atoms with Crippen molar-refractivity contribution < 1.29 is 4.79 Å². The molecule has 0 aliphatic heterocycles. The molecule has 0 saturated carbocycles. The van der Waals surface area contributed by atoms with Gasteiger partial charge in [0.25, 0.3) is 0 Å². The van der Waals surface area contributed by atoms with Crippen LogP contribution in [0, 0.1) is 0 Å². The molecule has 1 aromatic carbocycles. The molecule has 15 heavy (non-hydrogen) atoms. The van der Waals surface area contributed by atoms with Crippen LogP contribution in [0.15, 0.2) is 30.3 Å². The molecule has 1 heteroatoms. The van der Waals surface area contributed by atoms with Crippen molar-refractivity contribution in [1.82, 2.24) is 0 Å². The summed E-state index contributed by atoms with van der Waals surface area (Å²) < 4.78 is 0. The zero-order valence-electron chi connectivity index (χ0n) is 9.12. The molecule has 1 nitrogen and oxygen atoms in total. The van der Waals surface area contributed by atoms with Gasteiger partial charge in [0.1, 0.15) is 0 Å². The van der Waals surface area contributed by atoms with Crippen molar-refractivity contribution in [3.8, 4) is 0 Å². The largest absolute Gasteiger partial charge is 0.295 e. The first-order chi connectivity index (χ1) is 7.29. The summed E-state index contributed by atoms with van der Waals surface area (Å²) in [7, 11) is 0. The Hall–Kier alpha value is -1.37. The Morgan fingerprint density at radius 1 is 1.13 bits per heavy atom. The third-order valence-electron chi connectivity index (χ3n) is 2.94. The first kappa shape index (κ1) is 10.2. The molecule has 0 unspecified atom stereocenters. The molecule has 0 N–H and O–H groups in total. The van der Waals surface area contributed by atoms with Crippen LogP contribution in [0.3, 0.4) is 0 Å². The van der Waals surface area contributed by atoms with Crippen LogP contribution in [0.25, 0.3) is 5.57 Å². The highest BCUT2D eigenvalue weighted by Gasteiger charge is 2.10. The average molecular weight is 200 g/mol. The maximum absolute atomic E-state index is 11.3. The van der Waals surface area contributed by atoms with E-state index in [2.05, 4.69) is 31.2 Å². The van der Waals surface area contributed by atoms with E-state index in [0.29, 0.717) is 0 Å². The van der Waals surface area contributed by atoms with E-state index in [1.165, 1.54) is 16.7 Å². The average Bonchev–Trinajstić information content (AvgIpc) is 2.29. The molecule has 0 atom stereocenters. The minimum Gasteiger partial charge on any atom is -0.295 e. The third-order valence-corrected chi connectivity index (χ3v) is 2.94.